The van der Waals surface area contributed by atoms with Gasteiger partial charge in [-0.05, 0) is 6.08 Å². The fourth-order valence-electron chi connectivity index (χ4n) is 1.93. The molecule has 0 aliphatic carbocycles. The molecular weight excluding hydrogens is 318 g/mol. The highest BCUT2D eigenvalue weighted by molar-refractivity contribution is 7.54. The van der Waals surface area contributed by atoms with Gasteiger partial charge in [-0.15, -0.1) is 23.2 Å². The smallest absolute Gasteiger partial charge is 0.393 e. The maximum atomic E-state index is 12.9. The molecule has 0 saturated heterocycles. The summed E-state index contributed by atoms with van der Waals surface area (Å²) in [6.07, 6.45) is 1.92. The predicted octanol–water partition coefficient (Wildman–Crippen LogP) is 3.54. The first-order valence-corrected chi connectivity index (χ1v) is 9.02. The van der Waals surface area contributed by atoms with E-state index in [1.54, 1.807) is 4.67 Å². The van der Waals surface area contributed by atoms with E-state index < -0.39 is 7.67 Å². The SMILES string of the molecule is O=P1(NCCCl)OC(c2ccccc2)=CCN1CCCl. The van der Waals surface area contributed by atoms with Gasteiger partial charge in [-0.3, -0.25) is 0 Å². The van der Waals surface area contributed by atoms with E-state index in [0.29, 0.717) is 37.2 Å². The van der Waals surface area contributed by atoms with E-state index in [9.17, 15) is 4.57 Å². The first kappa shape index (κ1) is 15.9. The summed E-state index contributed by atoms with van der Waals surface area (Å²) in [5, 5.41) is 2.91. The highest BCUT2D eigenvalue weighted by Gasteiger charge is 2.36. The fourth-order valence-corrected chi connectivity index (χ4v) is 4.36. The van der Waals surface area contributed by atoms with E-state index in [1.807, 2.05) is 36.4 Å². The van der Waals surface area contributed by atoms with Crippen LogP contribution >= 0.6 is 30.9 Å². The summed E-state index contributed by atoms with van der Waals surface area (Å²) in [6.45, 7) is 1.44. The van der Waals surface area contributed by atoms with Crippen molar-refractivity contribution in [2.45, 2.75) is 0 Å². The quantitative estimate of drug-likeness (QED) is 0.638. The molecule has 2 rings (SSSR count). The Bertz CT molecular complexity index is 510. The zero-order valence-electron chi connectivity index (χ0n) is 11.0. The molecule has 7 heteroatoms. The van der Waals surface area contributed by atoms with Gasteiger partial charge in [0, 0.05) is 37.0 Å². The van der Waals surface area contributed by atoms with Gasteiger partial charge in [0.1, 0.15) is 5.76 Å². The van der Waals surface area contributed by atoms with Crippen LogP contribution in [0.3, 0.4) is 0 Å². The second-order valence-electron chi connectivity index (χ2n) is 4.24. The Morgan fingerprint density at radius 1 is 1.25 bits per heavy atom. The molecule has 1 aromatic carbocycles. The molecule has 1 heterocycles. The molecule has 0 bridgehead atoms. The summed E-state index contributed by atoms with van der Waals surface area (Å²) in [7, 11) is -3.13. The van der Waals surface area contributed by atoms with Crippen molar-refractivity contribution in [1.29, 1.82) is 0 Å². The van der Waals surface area contributed by atoms with Gasteiger partial charge < -0.3 is 4.52 Å². The molecule has 1 aliphatic heterocycles. The minimum atomic E-state index is -3.13. The van der Waals surface area contributed by atoms with Gasteiger partial charge >= 0.3 is 7.67 Å². The summed E-state index contributed by atoms with van der Waals surface area (Å²) < 4.78 is 20.4. The number of alkyl halides is 2. The molecule has 20 heavy (non-hydrogen) atoms. The highest BCUT2D eigenvalue weighted by atomic mass is 35.5. The second-order valence-corrected chi connectivity index (χ2v) is 7.11. The van der Waals surface area contributed by atoms with Crippen LogP contribution in [0.2, 0.25) is 0 Å². The number of halogens is 2. The van der Waals surface area contributed by atoms with Crippen molar-refractivity contribution in [2.75, 3.05) is 31.4 Å². The molecule has 0 spiro atoms. The molecule has 0 aromatic heterocycles. The van der Waals surface area contributed by atoms with Crippen molar-refractivity contribution >= 4 is 36.6 Å². The zero-order chi connectivity index (χ0) is 14.4. The van der Waals surface area contributed by atoms with Crippen LogP contribution in [0.15, 0.2) is 36.4 Å². The maximum absolute atomic E-state index is 12.9. The third-order valence-electron chi connectivity index (χ3n) is 2.89. The standard InChI is InChI=1S/C13H17Cl2N2O2P/c14-7-9-16-20(18)17(11-8-15)10-6-13(19-20)12-4-2-1-3-5-12/h1-6H,7-11H2,(H,16,18). The normalized spacial score (nSPS) is 23.2. The lowest BCUT2D eigenvalue weighted by Crippen LogP contribution is -2.34. The minimum Gasteiger partial charge on any atom is -0.422 e. The molecule has 110 valence electrons. The number of rotatable bonds is 6. The molecule has 0 amide bonds. The van der Waals surface area contributed by atoms with E-state index in [-0.39, 0.29) is 0 Å². The van der Waals surface area contributed by atoms with Crippen LogP contribution in [0, 0.1) is 0 Å². The Balaban J connectivity index is 2.21. The van der Waals surface area contributed by atoms with Crippen molar-refractivity contribution in [3.63, 3.8) is 0 Å². The van der Waals surface area contributed by atoms with Crippen LogP contribution in [-0.4, -0.2) is 36.1 Å². The van der Waals surface area contributed by atoms with Crippen LogP contribution in [0.5, 0.6) is 0 Å². The van der Waals surface area contributed by atoms with Gasteiger partial charge in [0.25, 0.3) is 0 Å². The molecule has 0 radical (unpaired) electrons. The Morgan fingerprint density at radius 2 is 2.00 bits per heavy atom. The molecule has 1 unspecified atom stereocenters. The van der Waals surface area contributed by atoms with E-state index in [2.05, 4.69) is 5.09 Å². The van der Waals surface area contributed by atoms with Gasteiger partial charge in [-0.25, -0.2) is 14.3 Å². The summed E-state index contributed by atoms with van der Waals surface area (Å²) in [6, 6.07) is 9.62. The summed E-state index contributed by atoms with van der Waals surface area (Å²) in [4.78, 5) is 0. The third-order valence-corrected chi connectivity index (χ3v) is 5.42. The van der Waals surface area contributed by atoms with E-state index >= 15 is 0 Å². The molecule has 1 aliphatic rings. The second kappa shape index (κ2) is 7.48. The largest absolute Gasteiger partial charge is 0.422 e. The van der Waals surface area contributed by atoms with E-state index in [0.717, 1.165) is 5.56 Å². The molecule has 1 atom stereocenters. The van der Waals surface area contributed by atoms with Gasteiger partial charge in [-0.2, -0.15) is 0 Å². The van der Waals surface area contributed by atoms with Gasteiger partial charge in [0.15, 0.2) is 0 Å². The molecule has 1 N–H and O–H groups in total. The number of nitrogens with one attached hydrogen (secondary N) is 1. The van der Waals surface area contributed by atoms with Gasteiger partial charge in [0.2, 0.25) is 0 Å². The van der Waals surface area contributed by atoms with Crippen LogP contribution in [0.25, 0.3) is 5.76 Å². The highest BCUT2D eigenvalue weighted by Crippen LogP contribution is 2.52. The third kappa shape index (κ3) is 3.78. The Hall–Kier alpha value is -0.510. The molecule has 1 aromatic rings. The van der Waals surface area contributed by atoms with E-state index in [1.165, 1.54) is 0 Å². The average Bonchev–Trinajstić information content (AvgIpc) is 2.48. The fraction of sp³-hybridized carbons (Fsp3) is 0.385. The van der Waals surface area contributed by atoms with Crippen LogP contribution < -0.4 is 5.09 Å². The monoisotopic (exact) mass is 334 g/mol. The molecule has 0 fully saturated rings. The minimum absolute atomic E-state index is 0.368. The van der Waals surface area contributed by atoms with Crippen molar-refractivity contribution in [3.8, 4) is 0 Å². The summed E-state index contributed by atoms with van der Waals surface area (Å²) >= 11 is 11.4. The van der Waals surface area contributed by atoms with Gasteiger partial charge in [0.05, 0.1) is 0 Å². The van der Waals surface area contributed by atoms with Crippen LogP contribution in [-0.2, 0) is 9.09 Å². The number of hydrogen-bond acceptors (Lipinski definition) is 2. The Kier molecular flexibility index (Phi) is 5.94. The molecular formula is C13H17Cl2N2O2P. The molecule has 4 nitrogen and oxygen atoms in total. The number of benzene rings is 1. The Labute approximate surface area is 129 Å². The van der Waals surface area contributed by atoms with Gasteiger partial charge in [-0.1, -0.05) is 30.3 Å². The lowest BCUT2D eigenvalue weighted by Gasteiger charge is -2.34. The van der Waals surface area contributed by atoms with Crippen molar-refractivity contribution in [1.82, 2.24) is 9.76 Å². The topological polar surface area (TPSA) is 41.6 Å². The Morgan fingerprint density at radius 3 is 2.65 bits per heavy atom. The molecule has 0 saturated carbocycles. The lowest BCUT2D eigenvalue weighted by atomic mass is 10.2. The first-order valence-electron chi connectivity index (χ1n) is 6.37. The first-order chi connectivity index (χ1) is 9.69. The zero-order valence-corrected chi connectivity index (χ0v) is 13.4. The lowest BCUT2D eigenvalue weighted by molar-refractivity contribution is 0.337. The van der Waals surface area contributed by atoms with Crippen LogP contribution in [0.1, 0.15) is 5.56 Å². The van der Waals surface area contributed by atoms with Crippen LogP contribution in [0.4, 0.5) is 0 Å². The predicted molar refractivity (Wildman–Crippen MR) is 84.1 cm³/mol. The number of hydrogen-bond donors (Lipinski definition) is 1. The van der Waals surface area contributed by atoms with Crippen molar-refractivity contribution in [3.05, 3.63) is 42.0 Å². The summed E-state index contributed by atoms with van der Waals surface area (Å²) in [5.41, 5.74) is 0.908. The van der Waals surface area contributed by atoms with Crippen molar-refractivity contribution < 1.29 is 9.09 Å². The average molecular weight is 335 g/mol. The summed E-state index contributed by atoms with van der Waals surface area (Å²) in [5.74, 6) is 1.39. The van der Waals surface area contributed by atoms with E-state index in [4.69, 9.17) is 27.7 Å². The maximum Gasteiger partial charge on any atom is 0.393 e. The number of nitrogens with zero attached hydrogens (tertiary/aromatic N) is 1. The van der Waals surface area contributed by atoms with Crippen molar-refractivity contribution in [2.24, 2.45) is 0 Å².